The van der Waals surface area contributed by atoms with Crippen LogP contribution in [0.2, 0.25) is 10.0 Å². The highest BCUT2D eigenvalue weighted by molar-refractivity contribution is 6.34. The predicted octanol–water partition coefficient (Wildman–Crippen LogP) is 5.64. The molecule has 0 amide bonds. The van der Waals surface area contributed by atoms with Crippen molar-refractivity contribution >= 4 is 23.2 Å². The Kier molecular flexibility index (Phi) is 7.82. The average Bonchev–Trinajstić information content (AvgIpc) is 2.27. The molecule has 0 saturated heterocycles. The van der Waals surface area contributed by atoms with E-state index in [1.807, 2.05) is 12.1 Å². The second-order valence-corrected chi connectivity index (χ2v) is 6.46. The van der Waals surface area contributed by atoms with Gasteiger partial charge in [0.25, 0.3) is 0 Å². The zero-order chi connectivity index (χ0) is 14.3. The summed E-state index contributed by atoms with van der Waals surface area (Å²) in [6, 6.07) is 5.81. The van der Waals surface area contributed by atoms with E-state index >= 15 is 0 Å². The Morgan fingerprint density at radius 3 is 2.21 bits per heavy atom. The second kappa shape index (κ2) is 8.84. The van der Waals surface area contributed by atoms with Crippen LogP contribution < -0.4 is 0 Å². The van der Waals surface area contributed by atoms with Crippen LogP contribution in [0.15, 0.2) is 18.2 Å². The van der Waals surface area contributed by atoms with Gasteiger partial charge in [0, 0.05) is 16.6 Å². The third kappa shape index (κ3) is 7.20. The van der Waals surface area contributed by atoms with Gasteiger partial charge in [-0.2, -0.15) is 0 Å². The van der Waals surface area contributed by atoms with Crippen molar-refractivity contribution in [2.45, 2.75) is 46.6 Å². The molecular weight excluding hydrogens is 277 g/mol. The standard InChI is InChI=1S/C16H25Cl2N/c1-4-7-19(8-5-6-13(2)3)12-14-9-15(17)11-16(18)10-14/h9-11,13H,4-8,12H2,1-3H3. The number of rotatable bonds is 8. The molecule has 0 bridgehead atoms. The van der Waals surface area contributed by atoms with E-state index in [4.69, 9.17) is 23.2 Å². The molecule has 0 unspecified atom stereocenters. The van der Waals surface area contributed by atoms with Gasteiger partial charge >= 0.3 is 0 Å². The van der Waals surface area contributed by atoms with Crippen molar-refractivity contribution in [1.29, 1.82) is 0 Å². The molecule has 1 nitrogen and oxygen atoms in total. The summed E-state index contributed by atoms with van der Waals surface area (Å²) in [5, 5.41) is 1.45. The maximum absolute atomic E-state index is 6.05. The Morgan fingerprint density at radius 1 is 1.05 bits per heavy atom. The summed E-state index contributed by atoms with van der Waals surface area (Å²) in [5.41, 5.74) is 1.20. The van der Waals surface area contributed by atoms with Crippen LogP contribution in [0.4, 0.5) is 0 Å². The van der Waals surface area contributed by atoms with Crippen LogP contribution in [0.3, 0.4) is 0 Å². The molecule has 1 rings (SSSR count). The normalized spacial score (nSPS) is 11.5. The van der Waals surface area contributed by atoms with Crippen LogP contribution in [-0.4, -0.2) is 18.0 Å². The van der Waals surface area contributed by atoms with Gasteiger partial charge in [0.15, 0.2) is 0 Å². The Morgan fingerprint density at radius 2 is 1.68 bits per heavy atom. The molecule has 0 aromatic heterocycles. The Balaban J connectivity index is 2.56. The van der Waals surface area contributed by atoms with Gasteiger partial charge in [-0.15, -0.1) is 0 Å². The van der Waals surface area contributed by atoms with E-state index in [1.54, 1.807) is 6.07 Å². The van der Waals surface area contributed by atoms with Gasteiger partial charge in [-0.1, -0.05) is 44.0 Å². The van der Waals surface area contributed by atoms with Gasteiger partial charge in [0.05, 0.1) is 0 Å². The lowest BCUT2D eigenvalue weighted by Crippen LogP contribution is -2.25. The largest absolute Gasteiger partial charge is 0.299 e. The fourth-order valence-corrected chi connectivity index (χ4v) is 2.84. The molecule has 19 heavy (non-hydrogen) atoms. The average molecular weight is 302 g/mol. The number of nitrogens with zero attached hydrogens (tertiary/aromatic N) is 1. The van der Waals surface area contributed by atoms with E-state index in [9.17, 15) is 0 Å². The van der Waals surface area contributed by atoms with Crippen LogP contribution in [-0.2, 0) is 6.54 Å². The van der Waals surface area contributed by atoms with Crippen molar-refractivity contribution in [3.05, 3.63) is 33.8 Å². The molecular formula is C16H25Cl2N. The van der Waals surface area contributed by atoms with Crippen LogP contribution in [0, 0.1) is 5.92 Å². The van der Waals surface area contributed by atoms with Crippen molar-refractivity contribution in [2.75, 3.05) is 13.1 Å². The summed E-state index contributed by atoms with van der Waals surface area (Å²) >= 11 is 12.1. The van der Waals surface area contributed by atoms with E-state index in [0.29, 0.717) is 0 Å². The quantitative estimate of drug-likeness (QED) is 0.600. The second-order valence-electron chi connectivity index (χ2n) is 5.59. The van der Waals surface area contributed by atoms with E-state index < -0.39 is 0 Å². The third-order valence-electron chi connectivity index (χ3n) is 3.12. The molecule has 0 saturated carbocycles. The van der Waals surface area contributed by atoms with E-state index in [1.165, 1.54) is 24.8 Å². The molecule has 3 heteroatoms. The summed E-state index contributed by atoms with van der Waals surface area (Å²) in [6.45, 7) is 9.99. The highest BCUT2D eigenvalue weighted by Crippen LogP contribution is 2.20. The number of halogens is 2. The minimum atomic E-state index is 0.723. The summed E-state index contributed by atoms with van der Waals surface area (Å²) < 4.78 is 0. The van der Waals surface area contributed by atoms with Gasteiger partial charge < -0.3 is 0 Å². The first-order valence-corrected chi connectivity index (χ1v) is 7.94. The first-order valence-electron chi connectivity index (χ1n) is 7.18. The fourth-order valence-electron chi connectivity index (χ4n) is 2.27. The Labute approximate surface area is 127 Å². The van der Waals surface area contributed by atoms with E-state index in [-0.39, 0.29) is 0 Å². The molecule has 0 aliphatic heterocycles. The van der Waals surface area contributed by atoms with Crippen molar-refractivity contribution in [2.24, 2.45) is 5.92 Å². The van der Waals surface area contributed by atoms with Gasteiger partial charge in [0.2, 0.25) is 0 Å². The summed E-state index contributed by atoms with van der Waals surface area (Å²) in [4.78, 5) is 2.49. The lowest BCUT2D eigenvalue weighted by Gasteiger charge is -2.22. The SMILES string of the molecule is CCCN(CCCC(C)C)Cc1cc(Cl)cc(Cl)c1. The van der Waals surface area contributed by atoms with Gasteiger partial charge in [-0.25, -0.2) is 0 Å². The molecule has 0 atom stereocenters. The fraction of sp³-hybridized carbons (Fsp3) is 0.625. The first kappa shape index (κ1) is 16.8. The molecule has 1 aromatic carbocycles. The van der Waals surface area contributed by atoms with Gasteiger partial charge in [0.1, 0.15) is 0 Å². The zero-order valence-corrected chi connectivity index (χ0v) is 13.8. The molecule has 0 spiro atoms. The van der Waals surface area contributed by atoms with Crippen LogP contribution >= 0.6 is 23.2 Å². The lowest BCUT2D eigenvalue weighted by atomic mass is 10.1. The van der Waals surface area contributed by atoms with Crippen LogP contribution in [0.5, 0.6) is 0 Å². The number of hydrogen-bond donors (Lipinski definition) is 0. The van der Waals surface area contributed by atoms with Crippen LogP contribution in [0.25, 0.3) is 0 Å². The predicted molar refractivity (Wildman–Crippen MR) is 86.1 cm³/mol. The topological polar surface area (TPSA) is 3.24 Å². The minimum absolute atomic E-state index is 0.723. The maximum atomic E-state index is 6.05. The molecule has 1 aromatic rings. The van der Waals surface area contributed by atoms with E-state index in [2.05, 4.69) is 25.7 Å². The maximum Gasteiger partial charge on any atom is 0.0424 e. The highest BCUT2D eigenvalue weighted by atomic mass is 35.5. The van der Waals surface area contributed by atoms with Crippen molar-refractivity contribution in [3.8, 4) is 0 Å². The molecule has 0 heterocycles. The molecule has 108 valence electrons. The minimum Gasteiger partial charge on any atom is -0.299 e. The number of benzene rings is 1. The molecule has 0 aliphatic rings. The monoisotopic (exact) mass is 301 g/mol. The summed E-state index contributed by atoms with van der Waals surface area (Å²) in [7, 11) is 0. The summed E-state index contributed by atoms with van der Waals surface area (Å²) in [6.07, 6.45) is 3.72. The molecule has 0 N–H and O–H groups in total. The highest BCUT2D eigenvalue weighted by Gasteiger charge is 2.07. The smallest absolute Gasteiger partial charge is 0.0424 e. The Hall–Kier alpha value is -0.240. The molecule has 0 aliphatic carbocycles. The van der Waals surface area contributed by atoms with Crippen molar-refractivity contribution in [3.63, 3.8) is 0 Å². The Bertz CT molecular complexity index is 357. The van der Waals surface area contributed by atoms with Crippen LogP contribution in [0.1, 0.15) is 45.6 Å². The summed E-state index contributed by atoms with van der Waals surface area (Å²) in [5.74, 6) is 0.782. The molecule has 0 fully saturated rings. The zero-order valence-electron chi connectivity index (χ0n) is 12.3. The van der Waals surface area contributed by atoms with Gasteiger partial charge in [-0.05, 0) is 62.0 Å². The number of hydrogen-bond acceptors (Lipinski definition) is 1. The third-order valence-corrected chi connectivity index (χ3v) is 3.56. The van der Waals surface area contributed by atoms with Crippen molar-refractivity contribution in [1.82, 2.24) is 4.90 Å². The first-order chi connectivity index (χ1) is 9.01. The van der Waals surface area contributed by atoms with Crippen molar-refractivity contribution < 1.29 is 0 Å². The van der Waals surface area contributed by atoms with E-state index in [0.717, 1.165) is 35.6 Å². The van der Waals surface area contributed by atoms with Gasteiger partial charge in [-0.3, -0.25) is 4.90 Å². The lowest BCUT2D eigenvalue weighted by molar-refractivity contribution is 0.255. The molecule has 0 radical (unpaired) electrons.